The summed E-state index contributed by atoms with van der Waals surface area (Å²) in [5.41, 5.74) is 8.51. The maximum Gasteiger partial charge on any atom is 0.0546 e. The minimum absolute atomic E-state index is 1.03. The highest BCUT2D eigenvalue weighted by Gasteiger charge is 2.20. The fourth-order valence-electron chi connectivity index (χ4n) is 7.37. The third-order valence-electron chi connectivity index (χ3n) is 9.61. The van der Waals surface area contributed by atoms with Crippen LogP contribution in [0.3, 0.4) is 0 Å². The molecule has 0 saturated carbocycles. The largest absolute Gasteiger partial charge is 0.310 e. The second-order valence-electron chi connectivity index (χ2n) is 12.4. The molecule has 47 heavy (non-hydrogen) atoms. The smallest absolute Gasteiger partial charge is 0.0546 e. The van der Waals surface area contributed by atoms with Crippen LogP contribution >= 0.6 is 0 Å². The summed E-state index contributed by atoms with van der Waals surface area (Å²) in [7, 11) is 0. The van der Waals surface area contributed by atoms with Crippen molar-refractivity contribution < 1.29 is 0 Å². The fourth-order valence-corrected chi connectivity index (χ4v) is 7.37. The highest BCUT2D eigenvalue weighted by molar-refractivity contribution is 6.26. The zero-order valence-corrected chi connectivity index (χ0v) is 26.1. The summed E-state index contributed by atoms with van der Waals surface area (Å²) < 4.78 is 0. The van der Waals surface area contributed by atoms with E-state index in [2.05, 4.69) is 181 Å². The molecule has 0 radical (unpaired) electrons. The summed E-state index contributed by atoms with van der Waals surface area (Å²) in [6, 6.07) is 57.8. The van der Waals surface area contributed by atoms with E-state index in [4.69, 9.17) is 0 Å². The molecule has 0 spiro atoms. The molecular formula is C46H33N. The van der Waals surface area contributed by atoms with Gasteiger partial charge in [0.1, 0.15) is 0 Å². The van der Waals surface area contributed by atoms with Crippen molar-refractivity contribution in [3.8, 4) is 22.3 Å². The molecular weight excluding hydrogens is 567 g/mol. The quantitative estimate of drug-likeness (QED) is 0.178. The van der Waals surface area contributed by atoms with Crippen molar-refractivity contribution in [1.82, 2.24) is 0 Å². The van der Waals surface area contributed by atoms with Crippen molar-refractivity contribution in [3.63, 3.8) is 0 Å². The van der Waals surface area contributed by atoms with Gasteiger partial charge < -0.3 is 4.90 Å². The van der Waals surface area contributed by atoms with Crippen molar-refractivity contribution >= 4 is 54.5 Å². The van der Waals surface area contributed by atoms with Crippen LogP contribution in [-0.4, -0.2) is 0 Å². The Hall–Kier alpha value is -5.92. The number of anilines is 2. The van der Waals surface area contributed by atoms with Crippen molar-refractivity contribution in [3.05, 3.63) is 182 Å². The topological polar surface area (TPSA) is 3.24 Å². The Bertz CT molecular complexity index is 2500. The lowest BCUT2D eigenvalue weighted by Gasteiger charge is -2.30. The van der Waals surface area contributed by atoms with Gasteiger partial charge in [0.25, 0.3) is 0 Å². The van der Waals surface area contributed by atoms with Gasteiger partial charge >= 0.3 is 0 Å². The molecule has 0 saturated heterocycles. The fraction of sp³-hybridized carbons (Fsp3) is 0.0435. The predicted molar refractivity (Wildman–Crippen MR) is 202 cm³/mol. The lowest BCUT2D eigenvalue weighted by molar-refractivity contribution is 0.998. The zero-order chi connectivity index (χ0) is 31.2. The summed E-state index contributed by atoms with van der Waals surface area (Å²) in [4.78, 5) is 2.46. The summed E-state index contributed by atoms with van der Waals surface area (Å²) in [6.45, 7) is 0. The van der Waals surface area contributed by atoms with Gasteiger partial charge in [0.2, 0.25) is 0 Å². The van der Waals surface area contributed by atoms with Gasteiger partial charge in [-0.2, -0.15) is 0 Å². The normalized spacial score (nSPS) is 13.0. The summed E-state index contributed by atoms with van der Waals surface area (Å²) in [6.07, 6.45) is 9.07. The molecule has 0 unspecified atom stereocenters. The molecule has 0 aromatic heterocycles. The van der Waals surface area contributed by atoms with Crippen LogP contribution in [0.1, 0.15) is 12.8 Å². The first-order chi connectivity index (χ1) is 23.3. The van der Waals surface area contributed by atoms with Crippen LogP contribution in [0.4, 0.5) is 11.4 Å². The number of rotatable bonds is 5. The molecule has 8 aromatic rings. The summed E-state index contributed by atoms with van der Waals surface area (Å²) in [5.74, 6) is 0. The Morgan fingerprint density at radius 3 is 1.83 bits per heavy atom. The first-order valence-corrected chi connectivity index (χ1v) is 16.5. The summed E-state index contributed by atoms with van der Waals surface area (Å²) >= 11 is 0. The Morgan fingerprint density at radius 1 is 0.426 bits per heavy atom. The molecule has 1 nitrogen and oxygen atoms in total. The molecule has 1 aliphatic rings. The lowest BCUT2D eigenvalue weighted by Crippen LogP contribution is -2.16. The molecule has 1 aliphatic carbocycles. The third kappa shape index (κ3) is 4.80. The van der Waals surface area contributed by atoms with Gasteiger partial charge in [0, 0.05) is 16.8 Å². The van der Waals surface area contributed by atoms with Crippen molar-refractivity contribution in [2.24, 2.45) is 0 Å². The van der Waals surface area contributed by atoms with Crippen LogP contribution in [0.25, 0.3) is 65.3 Å². The van der Waals surface area contributed by atoms with E-state index < -0.39 is 0 Å². The van der Waals surface area contributed by atoms with Crippen LogP contribution in [0.15, 0.2) is 182 Å². The third-order valence-corrected chi connectivity index (χ3v) is 9.61. The van der Waals surface area contributed by atoms with Crippen molar-refractivity contribution in [2.75, 3.05) is 4.90 Å². The SMILES string of the molecule is C1=CC(N(c2ccc(-c3ccccc3)cc2)c2cc3cc(-c4ccc5ccccc5c4)c4ccccc4c3c3ccccc23)=CCC1. The predicted octanol–water partition coefficient (Wildman–Crippen LogP) is 13.0. The number of benzene rings is 8. The van der Waals surface area contributed by atoms with Crippen LogP contribution in [0.2, 0.25) is 0 Å². The first kappa shape index (κ1) is 27.4. The van der Waals surface area contributed by atoms with E-state index in [0.717, 1.165) is 18.5 Å². The second-order valence-corrected chi connectivity index (χ2v) is 12.4. The van der Waals surface area contributed by atoms with Gasteiger partial charge in [-0.25, -0.2) is 0 Å². The molecule has 0 fully saturated rings. The van der Waals surface area contributed by atoms with E-state index in [1.807, 2.05) is 0 Å². The Balaban J connectivity index is 1.31. The molecule has 9 rings (SSSR count). The highest BCUT2D eigenvalue weighted by Crippen LogP contribution is 2.45. The second kappa shape index (κ2) is 11.5. The van der Waals surface area contributed by atoms with Gasteiger partial charge in [0.05, 0.1) is 5.69 Å². The molecule has 0 bridgehead atoms. The van der Waals surface area contributed by atoms with Crippen LogP contribution in [0, 0.1) is 0 Å². The van der Waals surface area contributed by atoms with E-state index in [1.54, 1.807) is 0 Å². The van der Waals surface area contributed by atoms with Gasteiger partial charge in [-0.1, -0.05) is 140 Å². The number of nitrogens with zero attached hydrogens (tertiary/aromatic N) is 1. The van der Waals surface area contributed by atoms with Gasteiger partial charge in [0.15, 0.2) is 0 Å². The molecule has 0 amide bonds. The number of allylic oxidation sites excluding steroid dienone is 3. The molecule has 0 aliphatic heterocycles. The van der Waals surface area contributed by atoms with E-state index in [1.165, 1.54) is 76.7 Å². The summed E-state index contributed by atoms with van der Waals surface area (Å²) in [5, 5.41) is 10.1. The van der Waals surface area contributed by atoms with Crippen LogP contribution in [0.5, 0.6) is 0 Å². The Morgan fingerprint density at radius 2 is 1.06 bits per heavy atom. The Kier molecular flexibility index (Phi) is 6.68. The molecule has 8 aromatic carbocycles. The number of hydrogen-bond donors (Lipinski definition) is 0. The standard InChI is InChI=1S/C46H33N/c1-3-13-32(14-4-1)34-25-27-39(28-26-34)47(38-17-5-2-6-18-38)45-31-37-30-44(36-24-23-33-15-7-8-16-35(33)29-36)40-19-9-11-21-42(40)46(37)43-22-12-10-20-41(43)45/h1,3-5,7-31H,2,6H2. The Labute approximate surface area is 275 Å². The van der Waals surface area contributed by atoms with E-state index in [-0.39, 0.29) is 0 Å². The molecule has 1 heteroatoms. The molecule has 222 valence electrons. The number of fused-ring (bicyclic) bond motifs is 6. The molecule has 0 N–H and O–H groups in total. The van der Waals surface area contributed by atoms with Crippen LogP contribution < -0.4 is 4.90 Å². The lowest BCUT2D eigenvalue weighted by atomic mass is 9.89. The van der Waals surface area contributed by atoms with Crippen LogP contribution in [-0.2, 0) is 0 Å². The van der Waals surface area contributed by atoms with Gasteiger partial charge in [-0.3, -0.25) is 0 Å². The minimum atomic E-state index is 1.03. The molecule has 0 atom stereocenters. The van der Waals surface area contributed by atoms with Crippen molar-refractivity contribution in [2.45, 2.75) is 12.8 Å². The van der Waals surface area contributed by atoms with E-state index >= 15 is 0 Å². The van der Waals surface area contributed by atoms with E-state index in [9.17, 15) is 0 Å². The first-order valence-electron chi connectivity index (χ1n) is 16.5. The maximum atomic E-state index is 2.46. The van der Waals surface area contributed by atoms with Gasteiger partial charge in [-0.15, -0.1) is 0 Å². The van der Waals surface area contributed by atoms with Gasteiger partial charge in [-0.05, 0) is 109 Å². The average Bonchev–Trinajstić information content (AvgIpc) is 3.15. The monoisotopic (exact) mass is 599 g/mol. The number of hydrogen-bond acceptors (Lipinski definition) is 1. The maximum absolute atomic E-state index is 2.46. The van der Waals surface area contributed by atoms with Crippen molar-refractivity contribution in [1.29, 1.82) is 0 Å². The minimum Gasteiger partial charge on any atom is -0.310 e. The zero-order valence-electron chi connectivity index (χ0n) is 26.1. The highest BCUT2D eigenvalue weighted by atomic mass is 15.1. The average molecular weight is 600 g/mol. The van der Waals surface area contributed by atoms with E-state index in [0.29, 0.717) is 0 Å². The molecule has 0 heterocycles.